The topological polar surface area (TPSA) is 12.5 Å². The Morgan fingerprint density at radius 1 is 1.00 bits per heavy atom. The van der Waals surface area contributed by atoms with E-state index in [0.29, 0.717) is 6.10 Å². The van der Waals surface area contributed by atoms with Crippen LogP contribution in [-0.4, -0.2) is 24.3 Å². The Balaban J connectivity index is 3.71. The van der Waals surface area contributed by atoms with Gasteiger partial charge in [-0.3, -0.25) is 4.84 Å². The van der Waals surface area contributed by atoms with Crippen LogP contribution in [0.4, 0.5) is 0 Å². The summed E-state index contributed by atoms with van der Waals surface area (Å²) in [5.41, 5.74) is 0. The maximum absolute atomic E-state index is 5.84. The van der Waals surface area contributed by atoms with Gasteiger partial charge in [0.15, 0.2) is 0 Å². The average Bonchev–Trinajstić information content (AvgIpc) is 2.21. The molecule has 0 aromatic carbocycles. The van der Waals surface area contributed by atoms with Gasteiger partial charge in [0.25, 0.3) is 0 Å². The summed E-state index contributed by atoms with van der Waals surface area (Å²) in [6, 6.07) is 0. The van der Waals surface area contributed by atoms with Gasteiger partial charge in [0.2, 0.25) is 0 Å². The van der Waals surface area contributed by atoms with Crippen molar-refractivity contribution in [3.05, 3.63) is 0 Å². The minimum Gasteiger partial charge on any atom is -0.296 e. The van der Waals surface area contributed by atoms with Gasteiger partial charge in [0.1, 0.15) is 0 Å². The molecule has 0 amide bonds. The maximum atomic E-state index is 5.84. The molecule has 86 valence electrons. The standard InChI is InChI=1S/C12H27NO/c1-5-8-10-13(11-9-6-2)14-12(4)7-3/h12H,5-11H2,1-4H3. The molecule has 0 saturated heterocycles. The fourth-order valence-electron chi connectivity index (χ4n) is 1.22. The number of nitrogens with zero attached hydrogens (tertiary/aromatic N) is 1. The molecule has 2 nitrogen and oxygen atoms in total. The van der Waals surface area contributed by atoms with E-state index in [1.54, 1.807) is 0 Å². The molecule has 0 aromatic rings. The number of unbranched alkanes of at least 4 members (excludes halogenated alkanes) is 2. The van der Waals surface area contributed by atoms with Gasteiger partial charge in [0, 0.05) is 13.1 Å². The van der Waals surface area contributed by atoms with E-state index in [9.17, 15) is 0 Å². The molecular formula is C12H27NO. The van der Waals surface area contributed by atoms with Gasteiger partial charge in [-0.1, -0.05) is 33.6 Å². The largest absolute Gasteiger partial charge is 0.296 e. The first-order valence-electron chi connectivity index (χ1n) is 6.16. The molecule has 0 aliphatic heterocycles. The first-order chi connectivity index (χ1) is 6.74. The van der Waals surface area contributed by atoms with Crippen LogP contribution in [0.25, 0.3) is 0 Å². The summed E-state index contributed by atoms with van der Waals surface area (Å²) < 4.78 is 0. The minimum atomic E-state index is 0.365. The molecular weight excluding hydrogens is 174 g/mol. The highest BCUT2D eigenvalue weighted by Crippen LogP contribution is 2.05. The Kier molecular flexibility index (Phi) is 9.42. The van der Waals surface area contributed by atoms with Crippen LogP contribution in [0.1, 0.15) is 59.8 Å². The fourth-order valence-corrected chi connectivity index (χ4v) is 1.22. The molecule has 2 heteroatoms. The molecule has 0 saturated carbocycles. The number of hydrogen-bond donors (Lipinski definition) is 0. The first-order valence-corrected chi connectivity index (χ1v) is 6.16. The number of hydrogen-bond acceptors (Lipinski definition) is 2. The van der Waals surface area contributed by atoms with Crippen molar-refractivity contribution < 1.29 is 4.84 Å². The zero-order valence-corrected chi connectivity index (χ0v) is 10.4. The molecule has 0 N–H and O–H groups in total. The van der Waals surface area contributed by atoms with E-state index in [1.807, 2.05) is 0 Å². The van der Waals surface area contributed by atoms with E-state index in [2.05, 4.69) is 32.8 Å². The van der Waals surface area contributed by atoms with E-state index in [1.165, 1.54) is 25.7 Å². The van der Waals surface area contributed by atoms with Crippen molar-refractivity contribution in [1.29, 1.82) is 0 Å². The molecule has 0 heterocycles. The van der Waals surface area contributed by atoms with Crippen molar-refractivity contribution in [3.63, 3.8) is 0 Å². The lowest BCUT2D eigenvalue weighted by molar-refractivity contribution is -0.194. The second-order valence-corrected chi connectivity index (χ2v) is 3.96. The molecule has 0 aliphatic rings. The Morgan fingerprint density at radius 2 is 1.50 bits per heavy atom. The summed E-state index contributed by atoms with van der Waals surface area (Å²) >= 11 is 0. The first kappa shape index (κ1) is 13.9. The van der Waals surface area contributed by atoms with Crippen LogP contribution in [-0.2, 0) is 4.84 Å². The highest BCUT2D eigenvalue weighted by Gasteiger charge is 2.07. The summed E-state index contributed by atoms with van der Waals surface area (Å²) in [5.74, 6) is 0. The third-order valence-electron chi connectivity index (χ3n) is 2.43. The number of hydroxylamine groups is 2. The molecule has 0 bridgehead atoms. The highest BCUT2D eigenvalue weighted by molar-refractivity contribution is 4.50. The Labute approximate surface area is 89.6 Å². The van der Waals surface area contributed by atoms with Gasteiger partial charge in [-0.2, -0.15) is 5.06 Å². The predicted octanol–water partition coefficient (Wildman–Crippen LogP) is 3.62. The van der Waals surface area contributed by atoms with E-state index >= 15 is 0 Å². The van der Waals surface area contributed by atoms with Crippen LogP contribution in [0.5, 0.6) is 0 Å². The van der Waals surface area contributed by atoms with Crippen LogP contribution in [0, 0.1) is 0 Å². The smallest absolute Gasteiger partial charge is 0.0762 e. The van der Waals surface area contributed by atoms with E-state index in [4.69, 9.17) is 4.84 Å². The van der Waals surface area contributed by atoms with Crippen molar-refractivity contribution in [3.8, 4) is 0 Å². The molecule has 0 radical (unpaired) electrons. The molecule has 14 heavy (non-hydrogen) atoms. The maximum Gasteiger partial charge on any atom is 0.0762 e. The second-order valence-electron chi connectivity index (χ2n) is 3.96. The van der Waals surface area contributed by atoms with Gasteiger partial charge >= 0.3 is 0 Å². The third-order valence-corrected chi connectivity index (χ3v) is 2.43. The zero-order valence-electron chi connectivity index (χ0n) is 10.4. The SMILES string of the molecule is CCCCN(CCCC)OC(C)CC. The fraction of sp³-hybridized carbons (Fsp3) is 1.00. The van der Waals surface area contributed by atoms with E-state index < -0.39 is 0 Å². The van der Waals surface area contributed by atoms with Crippen LogP contribution >= 0.6 is 0 Å². The minimum absolute atomic E-state index is 0.365. The molecule has 1 unspecified atom stereocenters. The van der Waals surface area contributed by atoms with Crippen molar-refractivity contribution in [2.24, 2.45) is 0 Å². The average molecular weight is 201 g/mol. The Morgan fingerprint density at radius 3 is 1.86 bits per heavy atom. The summed E-state index contributed by atoms with van der Waals surface area (Å²) in [4.78, 5) is 5.84. The molecule has 0 spiro atoms. The summed E-state index contributed by atoms with van der Waals surface area (Å²) in [5, 5.41) is 2.15. The monoisotopic (exact) mass is 201 g/mol. The lowest BCUT2D eigenvalue weighted by atomic mass is 10.3. The van der Waals surface area contributed by atoms with Crippen LogP contribution in [0.15, 0.2) is 0 Å². The summed E-state index contributed by atoms with van der Waals surface area (Å²) in [7, 11) is 0. The normalized spacial score (nSPS) is 13.5. The van der Waals surface area contributed by atoms with Gasteiger partial charge in [0.05, 0.1) is 6.10 Å². The molecule has 0 fully saturated rings. The Hall–Kier alpha value is -0.0800. The quantitative estimate of drug-likeness (QED) is 0.528. The lowest BCUT2D eigenvalue weighted by Crippen LogP contribution is -2.30. The van der Waals surface area contributed by atoms with Gasteiger partial charge in [-0.15, -0.1) is 0 Å². The Bertz CT molecular complexity index is 109. The third kappa shape index (κ3) is 7.34. The summed E-state index contributed by atoms with van der Waals surface area (Å²) in [6.45, 7) is 10.9. The van der Waals surface area contributed by atoms with E-state index in [0.717, 1.165) is 19.5 Å². The van der Waals surface area contributed by atoms with Crippen molar-refractivity contribution in [2.75, 3.05) is 13.1 Å². The number of rotatable bonds is 9. The highest BCUT2D eigenvalue weighted by atomic mass is 16.7. The van der Waals surface area contributed by atoms with Gasteiger partial charge in [-0.25, -0.2) is 0 Å². The predicted molar refractivity (Wildman–Crippen MR) is 62.2 cm³/mol. The van der Waals surface area contributed by atoms with Crippen molar-refractivity contribution in [1.82, 2.24) is 5.06 Å². The molecule has 0 aromatic heterocycles. The van der Waals surface area contributed by atoms with Crippen molar-refractivity contribution in [2.45, 2.75) is 65.9 Å². The summed E-state index contributed by atoms with van der Waals surface area (Å²) in [6.07, 6.45) is 6.41. The zero-order chi connectivity index (χ0) is 10.8. The molecule has 0 rings (SSSR count). The van der Waals surface area contributed by atoms with Crippen LogP contribution in [0.2, 0.25) is 0 Å². The van der Waals surface area contributed by atoms with Gasteiger partial charge < -0.3 is 0 Å². The van der Waals surface area contributed by atoms with Gasteiger partial charge in [-0.05, 0) is 26.2 Å². The lowest BCUT2D eigenvalue weighted by Gasteiger charge is -2.24. The van der Waals surface area contributed by atoms with Crippen molar-refractivity contribution >= 4 is 0 Å². The molecule has 1 atom stereocenters. The van der Waals surface area contributed by atoms with E-state index in [-0.39, 0.29) is 0 Å². The molecule has 0 aliphatic carbocycles. The second kappa shape index (κ2) is 9.47. The van der Waals surface area contributed by atoms with Crippen LogP contribution < -0.4 is 0 Å². The van der Waals surface area contributed by atoms with Crippen LogP contribution in [0.3, 0.4) is 0 Å².